The van der Waals surface area contributed by atoms with Gasteiger partial charge in [0.05, 0.1) is 34.5 Å². The van der Waals surface area contributed by atoms with Crippen molar-refractivity contribution >= 4 is 39.6 Å². The fourth-order valence-electron chi connectivity index (χ4n) is 3.86. The van der Waals surface area contributed by atoms with Crippen LogP contribution in [-0.4, -0.2) is 65.5 Å². The summed E-state index contributed by atoms with van der Waals surface area (Å²) in [5.41, 5.74) is 5.11. The molecule has 0 spiro atoms. The molecule has 5 aromatic rings. The predicted molar refractivity (Wildman–Crippen MR) is 132 cm³/mol. The number of aryl methyl sites for hydroxylation is 1. The molecule has 5 aromatic heterocycles. The van der Waals surface area contributed by atoms with Crippen molar-refractivity contribution in [3.8, 4) is 22.6 Å². The average molecular weight is 470 g/mol. The molecule has 0 atom stereocenters. The standard InChI is InChI=1S/C24H23N9O2/c1-5-19(34)28-15-6-13(8-25-10-15)14-7-16-21(30-31-22(16)27-9-14)23-29-20-17(24(35)32(2)3)11-26-12-18(20)33(23)4/h6-12H,5H2,1-4H3,(H,28,34)(H,27,30,31). The lowest BCUT2D eigenvalue weighted by atomic mass is 10.1. The van der Waals surface area contributed by atoms with Crippen LogP contribution in [0.4, 0.5) is 5.69 Å². The molecule has 0 aromatic carbocycles. The molecular weight excluding hydrogens is 446 g/mol. The summed E-state index contributed by atoms with van der Waals surface area (Å²) in [5, 5.41) is 11.0. The van der Waals surface area contributed by atoms with Crippen molar-refractivity contribution in [2.45, 2.75) is 13.3 Å². The van der Waals surface area contributed by atoms with Gasteiger partial charge in [-0.25, -0.2) is 9.97 Å². The Morgan fingerprint density at radius 1 is 1.06 bits per heavy atom. The first-order valence-electron chi connectivity index (χ1n) is 11.0. The summed E-state index contributed by atoms with van der Waals surface area (Å²) >= 11 is 0. The van der Waals surface area contributed by atoms with Crippen molar-refractivity contribution in [2.75, 3.05) is 19.4 Å². The smallest absolute Gasteiger partial charge is 0.257 e. The second-order valence-electron chi connectivity index (χ2n) is 8.31. The minimum Gasteiger partial charge on any atom is -0.345 e. The van der Waals surface area contributed by atoms with Gasteiger partial charge >= 0.3 is 0 Å². The molecule has 5 heterocycles. The van der Waals surface area contributed by atoms with Crippen molar-refractivity contribution in [3.05, 3.63) is 48.7 Å². The van der Waals surface area contributed by atoms with E-state index in [1.54, 1.807) is 45.8 Å². The van der Waals surface area contributed by atoms with Gasteiger partial charge in [0, 0.05) is 57.3 Å². The summed E-state index contributed by atoms with van der Waals surface area (Å²) in [5.74, 6) is 0.317. The van der Waals surface area contributed by atoms with E-state index in [0.29, 0.717) is 40.4 Å². The monoisotopic (exact) mass is 469 g/mol. The SMILES string of the molecule is CCC(=O)Nc1cncc(-c2cnc3[nH]nc(-c4nc5c(C(=O)N(C)C)cncc5n4C)c3c2)c1. The highest BCUT2D eigenvalue weighted by Gasteiger charge is 2.21. The summed E-state index contributed by atoms with van der Waals surface area (Å²) < 4.78 is 1.86. The number of nitrogens with one attached hydrogen (secondary N) is 2. The highest BCUT2D eigenvalue weighted by molar-refractivity contribution is 6.05. The number of rotatable bonds is 5. The van der Waals surface area contributed by atoms with Crippen molar-refractivity contribution in [2.24, 2.45) is 7.05 Å². The first-order chi connectivity index (χ1) is 16.9. The number of carbonyl (C=O) groups is 2. The Kier molecular flexibility index (Phi) is 5.44. The van der Waals surface area contributed by atoms with Crippen molar-refractivity contribution < 1.29 is 9.59 Å². The van der Waals surface area contributed by atoms with Crippen LogP contribution in [-0.2, 0) is 11.8 Å². The molecular formula is C24H23N9O2. The highest BCUT2D eigenvalue weighted by atomic mass is 16.2. The van der Waals surface area contributed by atoms with Crippen molar-refractivity contribution in [3.63, 3.8) is 0 Å². The molecule has 0 unspecified atom stereocenters. The van der Waals surface area contributed by atoms with Gasteiger partial charge in [-0.05, 0) is 12.1 Å². The molecule has 35 heavy (non-hydrogen) atoms. The summed E-state index contributed by atoms with van der Waals surface area (Å²) in [6.07, 6.45) is 8.63. The molecule has 0 aliphatic heterocycles. The van der Waals surface area contributed by atoms with Gasteiger partial charge in [0.2, 0.25) is 5.91 Å². The third kappa shape index (κ3) is 3.86. The number of imidazole rings is 1. The second kappa shape index (κ2) is 8.60. The Morgan fingerprint density at radius 2 is 1.83 bits per heavy atom. The normalized spacial score (nSPS) is 11.2. The van der Waals surface area contributed by atoms with Crippen LogP contribution in [0.25, 0.3) is 44.7 Å². The van der Waals surface area contributed by atoms with E-state index in [4.69, 9.17) is 4.98 Å². The number of hydrogen-bond acceptors (Lipinski definition) is 7. The van der Waals surface area contributed by atoms with Crippen LogP contribution < -0.4 is 5.32 Å². The van der Waals surface area contributed by atoms with E-state index in [2.05, 4.69) is 30.5 Å². The minimum absolute atomic E-state index is 0.0851. The van der Waals surface area contributed by atoms with Gasteiger partial charge in [-0.3, -0.25) is 24.7 Å². The number of anilines is 1. The number of amides is 2. The lowest BCUT2D eigenvalue weighted by Gasteiger charge is -2.09. The molecule has 0 saturated carbocycles. The summed E-state index contributed by atoms with van der Waals surface area (Å²) in [6.45, 7) is 1.79. The summed E-state index contributed by atoms with van der Waals surface area (Å²) in [7, 11) is 5.24. The van der Waals surface area contributed by atoms with Crippen LogP contribution >= 0.6 is 0 Å². The Hall–Kier alpha value is -4.67. The van der Waals surface area contributed by atoms with Crippen molar-refractivity contribution in [1.82, 2.24) is 39.6 Å². The van der Waals surface area contributed by atoms with Gasteiger partial charge < -0.3 is 14.8 Å². The average Bonchev–Trinajstić information content (AvgIpc) is 3.43. The number of H-pyrrole nitrogens is 1. The van der Waals surface area contributed by atoms with Gasteiger partial charge in [0.1, 0.15) is 11.2 Å². The lowest BCUT2D eigenvalue weighted by Crippen LogP contribution is -2.22. The fourth-order valence-corrected chi connectivity index (χ4v) is 3.86. The first kappa shape index (κ1) is 22.1. The molecule has 0 radical (unpaired) electrons. The molecule has 0 aliphatic carbocycles. The molecule has 11 heteroatoms. The van der Waals surface area contributed by atoms with Crippen LogP contribution in [0.15, 0.2) is 43.1 Å². The topological polar surface area (TPSA) is 135 Å². The fraction of sp³-hybridized carbons (Fsp3) is 0.208. The summed E-state index contributed by atoms with van der Waals surface area (Å²) in [6, 6.07) is 3.80. The Morgan fingerprint density at radius 3 is 2.60 bits per heavy atom. The third-order valence-corrected chi connectivity index (χ3v) is 5.74. The zero-order valence-electron chi connectivity index (χ0n) is 19.7. The lowest BCUT2D eigenvalue weighted by molar-refractivity contribution is -0.115. The number of nitrogens with zero attached hydrogens (tertiary/aromatic N) is 7. The van der Waals surface area contributed by atoms with E-state index in [1.165, 1.54) is 11.1 Å². The molecule has 2 amide bonds. The quantitative estimate of drug-likeness (QED) is 0.404. The van der Waals surface area contributed by atoms with Gasteiger partial charge in [0.25, 0.3) is 5.91 Å². The maximum Gasteiger partial charge on any atom is 0.257 e. The predicted octanol–water partition coefficient (Wildman–Crippen LogP) is 3.02. The van der Waals surface area contributed by atoms with Crippen LogP contribution in [0.5, 0.6) is 0 Å². The zero-order valence-corrected chi connectivity index (χ0v) is 19.7. The molecule has 0 aliphatic rings. The Bertz CT molecular complexity index is 1600. The van der Waals surface area contributed by atoms with Gasteiger partial charge in [-0.1, -0.05) is 6.92 Å². The second-order valence-corrected chi connectivity index (χ2v) is 8.31. The molecule has 176 valence electrons. The van der Waals surface area contributed by atoms with Gasteiger partial charge in [-0.15, -0.1) is 0 Å². The summed E-state index contributed by atoms with van der Waals surface area (Å²) in [4.78, 5) is 43.7. The third-order valence-electron chi connectivity index (χ3n) is 5.74. The number of hydrogen-bond donors (Lipinski definition) is 2. The maximum absolute atomic E-state index is 12.7. The molecule has 11 nitrogen and oxygen atoms in total. The molecule has 0 saturated heterocycles. The van der Waals surface area contributed by atoms with E-state index in [-0.39, 0.29) is 11.8 Å². The van der Waals surface area contributed by atoms with E-state index >= 15 is 0 Å². The van der Waals surface area contributed by atoms with Gasteiger partial charge in [-0.2, -0.15) is 5.10 Å². The molecule has 0 fully saturated rings. The van der Waals surface area contributed by atoms with Crippen molar-refractivity contribution in [1.29, 1.82) is 0 Å². The first-order valence-corrected chi connectivity index (χ1v) is 11.0. The van der Waals surface area contributed by atoms with E-state index in [1.807, 2.05) is 23.7 Å². The Balaban J connectivity index is 1.62. The maximum atomic E-state index is 12.7. The zero-order chi connectivity index (χ0) is 24.7. The van der Waals surface area contributed by atoms with E-state index in [9.17, 15) is 9.59 Å². The van der Waals surface area contributed by atoms with Crippen LogP contribution in [0.2, 0.25) is 0 Å². The van der Waals surface area contributed by atoms with Crippen LogP contribution in [0, 0.1) is 0 Å². The molecule has 0 bridgehead atoms. The number of aromatic nitrogens is 7. The Labute approximate surface area is 200 Å². The molecule has 2 N–H and O–H groups in total. The highest BCUT2D eigenvalue weighted by Crippen LogP contribution is 2.31. The number of fused-ring (bicyclic) bond motifs is 2. The van der Waals surface area contributed by atoms with E-state index in [0.717, 1.165) is 22.0 Å². The van der Waals surface area contributed by atoms with Gasteiger partial charge in [0.15, 0.2) is 11.5 Å². The largest absolute Gasteiger partial charge is 0.345 e. The van der Waals surface area contributed by atoms with E-state index < -0.39 is 0 Å². The minimum atomic E-state index is -0.175. The van der Waals surface area contributed by atoms with Crippen LogP contribution in [0.1, 0.15) is 23.7 Å². The number of aromatic amines is 1. The van der Waals surface area contributed by atoms with Crippen LogP contribution in [0.3, 0.4) is 0 Å². The number of carbonyl (C=O) groups excluding carboxylic acids is 2. The number of pyridine rings is 3. The molecule has 5 rings (SSSR count).